The van der Waals surface area contributed by atoms with Crippen molar-refractivity contribution in [3.63, 3.8) is 0 Å². The van der Waals surface area contributed by atoms with Crippen molar-refractivity contribution in [2.45, 2.75) is 40.2 Å². The molecule has 1 aromatic carbocycles. The zero-order chi connectivity index (χ0) is 16.7. The Balaban J connectivity index is 0.00000191. The summed E-state index contributed by atoms with van der Waals surface area (Å²) >= 11 is 0. The van der Waals surface area contributed by atoms with Crippen molar-refractivity contribution < 1.29 is 15.0 Å². The van der Waals surface area contributed by atoms with Crippen LogP contribution in [-0.2, 0) is 6.42 Å². The summed E-state index contributed by atoms with van der Waals surface area (Å²) in [4.78, 5) is 21.2. The Bertz CT molecular complexity index is 529. The van der Waals surface area contributed by atoms with Crippen molar-refractivity contribution in [1.29, 1.82) is 0 Å². The number of anilines is 1. The van der Waals surface area contributed by atoms with Crippen LogP contribution in [0.1, 0.15) is 31.9 Å². The smallest absolute Gasteiger partial charge is 0.302 e. The van der Waals surface area contributed by atoms with Crippen molar-refractivity contribution >= 4 is 17.1 Å². The molecule has 0 atom stereocenters. The summed E-state index contributed by atoms with van der Waals surface area (Å²) < 4.78 is 0. The first-order valence-electron chi connectivity index (χ1n) is 6.46. The quantitative estimate of drug-likeness (QED) is 0.637. The number of nitrogens with one attached hydrogen (secondary N) is 1. The van der Waals surface area contributed by atoms with Crippen LogP contribution in [0.25, 0.3) is 0 Å². The van der Waals surface area contributed by atoms with Gasteiger partial charge < -0.3 is 10.4 Å². The summed E-state index contributed by atoms with van der Waals surface area (Å²) in [5, 5.41) is 32.1. The first-order chi connectivity index (χ1) is 9.79. The van der Waals surface area contributed by atoms with E-state index >= 15 is 0 Å². The highest BCUT2D eigenvalue weighted by molar-refractivity contribution is 5.78. The minimum atomic E-state index is -0.587. The summed E-state index contributed by atoms with van der Waals surface area (Å²) in [6.45, 7) is 6.98. The summed E-state index contributed by atoms with van der Waals surface area (Å²) in [5.41, 5.74) is 0.622. The van der Waals surface area contributed by atoms with Gasteiger partial charge in [0, 0.05) is 24.8 Å². The maximum Gasteiger partial charge on any atom is 0.302 e. The lowest BCUT2D eigenvalue weighted by Gasteiger charge is -2.14. The Kier molecular flexibility index (Phi) is 7.29. The van der Waals surface area contributed by atoms with Crippen molar-refractivity contribution in [3.8, 4) is 0 Å². The van der Waals surface area contributed by atoms with E-state index in [-0.39, 0.29) is 23.1 Å². The molecule has 0 aliphatic heterocycles. The zero-order valence-electron chi connectivity index (χ0n) is 12.8. The number of hydrogen-bond acceptors (Lipinski definition) is 6. The maximum absolute atomic E-state index is 11.2. The predicted molar refractivity (Wildman–Crippen MR) is 80.8 cm³/mol. The van der Waals surface area contributed by atoms with Crippen LogP contribution in [0.5, 0.6) is 0 Å². The Morgan fingerprint density at radius 1 is 1.24 bits per heavy atom. The fraction of sp³-hybridized carbons (Fsp3) is 0.538. The van der Waals surface area contributed by atoms with Gasteiger partial charge in [-0.25, -0.2) is 0 Å². The van der Waals surface area contributed by atoms with Crippen LogP contribution in [-0.4, -0.2) is 28.1 Å². The van der Waals surface area contributed by atoms with Crippen LogP contribution >= 0.6 is 0 Å². The summed E-state index contributed by atoms with van der Waals surface area (Å²) in [7, 11) is 1.00. The van der Waals surface area contributed by atoms with Gasteiger partial charge in [0.15, 0.2) is 5.69 Å². The fourth-order valence-corrected chi connectivity index (χ4v) is 1.98. The molecular formula is C13H21N3O5. The third kappa shape index (κ3) is 4.38. The number of nitro groups is 2. The molecule has 0 saturated heterocycles. The molecule has 0 spiro atoms. The van der Waals surface area contributed by atoms with Gasteiger partial charge in [-0.1, -0.05) is 6.92 Å². The Labute approximate surface area is 123 Å². The third-order valence-corrected chi connectivity index (χ3v) is 2.83. The van der Waals surface area contributed by atoms with Crippen molar-refractivity contribution in [2.24, 2.45) is 0 Å². The van der Waals surface area contributed by atoms with Gasteiger partial charge in [0.1, 0.15) is 0 Å². The van der Waals surface area contributed by atoms with Crippen LogP contribution in [0.4, 0.5) is 17.1 Å². The highest BCUT2D eigenvalue weighted by atomic mass is 16.6. The fourth-order valence-electron chi connectivity index (χ4n) is 1.98. The van der Waals surface area contributed by atoms with E-state index in [1.165, 1.54) is 6.07 Å². The van der Waals surface area contributed by atoms with Crippen LogP contribution < -0.4 is 5.32 Å². The van der Waals surface area contributed by atoms with Gasteiger partial charge in [0.2, 0.25) is 0 Å². The van der Waals surface area contributed by atoms with Crippen LogP contribution in [0.3, 0.4) is 0 Å². The van der Waals surface area contributed by atoms with E-state index in [1.54, 1.807) is 20.8 Å². The third-order valence-electron chi connectivity index (χ3n) is 2.83. The molecule has 0 aliphatic carbocycles. The van der Waals surface area contributed by atoms with E-state index in [4.69, 9.17) is 5.11 Å². The molecule has 8 nitrogen and oxygen atoms in total. The molecule has 8 heteroatoms. The van der Waals surface area contributed by atoms with Gasteiger partial charge in [-0.15, -0.1) is 0 Å². The number of aliphatic hydroxyl groups is 1. The van der Waals surface area contributed by atoms with Crippen molar-refractivity contribution in [1.82, 2.24) is 0 Å². The van der Waals surface area contributed by atoms with Gasteiger partial charge >= 0.3 is 5.69 Å². The zero-order valence-corrected chi connectivity index (χ0v) is 12.8. The molecule has 0 radical (unpaired) electrons. The molecule has 0 heterocycles. The minimum Gasteiger partial charge on any atom is -0.400 e. The normalized spacial score (nSPS) is 9.86. The first kappa shape index (κ1) is 18.8. The molecule has 0 saturated carbocycles. The van der Waals surface area contributed by atoms with Crippen molar-refractivity contribution in [3.05, 3.63) is 37.4 Å². The maximum atomic E-state index is 11.2. The molecule has 2 N–H and O–H groups in total. The number of aryl methyl sites for hydroxylation is 1. The number of benzene rings is 1. The topological polar surface area (TPSA) is 119 Å². The number of nitrogens with zero attached hydrogens (tertiary/aromatic N) is 2. The molecule has 118 valence electrons. The van der Waals surface area contributed by atoms with Crippen molar-refractivity contribution in [2.75, 3.05) is 12.4 Å². The Hall–Kier alpha value is -2.22. The van der Waals surface area contributed by atoms with Crippen LogP contribution in [0.2, 0.25) is 0 Å². The number of aliphatic hydroxyl groups excluding tert-OH is 1. The van der Waals surface area contributed by atoms with Gasteiger partial charge in [-0.2, -0.15) is 0 Å². The second-order valence-electron chi connectivity index (χ2n) is 4.57. The largest absolute Gasteiger partial charge is 0.400 e. The molecule has 1 rings (SSSR count). The van der Waals surface area contributed by atoms with E-state index in [2.05, 4.69) is 5.32 Å². The average Bonchev–Trinajstić information content (AvgIpc) is 2.39. The lowest BCUT2D eigenvalue weighted by Crippen LogP contribution is -2.14. The van der Waals surface area contributed by atoms with Gasteiger partial charge in [0.05, 0.1) is 9.85 Å². The second kappa shape index (κ2) is 8.15. The van der Waals surface area contributed by atoms with Crippen LogP contribution in [0.15, 0.2) is 6.07 Å². The molecule has 21 heavy (non-hydrogen) atoms. The molecule has 0 fully saturated rings. The molecule has 1 aromatic rings. The van der Waals surface area contributed by atoms with E-state index in [0.29, 0.717) is 17.5 Å². The van der Waals surface area contributed by atoms with E-state index in [0.717, 1.165) is 7.11 Å². The monoisotopic (exact) mass is 299 g/mol. The van der Waals surface area contributed by atoms with E-state index in [1.807, 2.05) is 6.92 Å². The van der Waals surface area contributed by atoms with E-state index < -0.39 is 9.85 Å². The highest BCUT2D eigenvalue weighted by Gasteiger charge is 2.30. The first-order valence-corrected chi connectivity index (χ1v) is 6.46. The second-order valence-corrected chi connectivity index (χ2v) is 4.57. The number of hydrogen-bond donors (Lipinski definition) is 2. The van der Waals surface area contributed by atoms with Gasteiger partial charge in [-0.3, -0.25) is 20.2 Å². The summed E-state index contributed by atoms with van der Waals surface area (Å²) in [6.07, 6.45) is 0.509. The average molecular weight is 299 g/mol. The standard InChI is InChI=1S/C12H17N3O4.CH4O/c1-5-9-6-10(14(16)17)11(13-7(2)3)12(8(9)4)15(18)19;1-2/h6-7,13H,5H2,1-4H3;2H,1H3. The summed E-state index contributed by atoms with van der Waals surface area (Å²) in [6, 6.07) is 1.27. The van der Waals surface area contributed by atoms with Gasteiger partial charge in [-0.05, 0) is 32.8 Å². The number of nitro benzene ring substituents is 2. The number of rotatable bonds is 5. The molecule has 0 unspecified atom stereocenters. The Morgan fingerprint density at radius 3 is 2.10 bits per heavy atom. The lowest BCUT2D eigenvalue weighted by atomic mass is 10.0. The highest BCUT2D eigenvalue weighted by Crippen LogP contribution is 2.39. The van der Waals surface area contributed by atoms with Crippen LogP contribution in [0, 0.1) is 27.2 Å². The minimum absolute atomic E-state index is 0.0142. The predicted octanol–water partition coefficient (Wildman–Crippen LogP) is 2.80. The lowest BCUT2D eigenvalue weighted by molar-refractivity contribution is -0.392. The molecule has 0 bridgehead atoms. The molecule has 0 amide bonds. The Morgan fingerprint density at radius 2 is 1.76 bits per heavy atom. The van der Waals surface area contributed by atoms with Gasteiger partial charge in [0.25, 0.3) is 5.69 Å². The molecule has 0 aliphatic rings. The van der Waals surface area contributed by atoms with E-state index in [9.17, 15) is 20.2 Å². The molecular weight excluding hydrogens is 278 g/mol. The SMILES string of the molecule is CCc1cc([N+](=O)[O-])c(NC(C)C)c([N+](=O)[O-])c1C.CO. The summed E-state index contributed by atoms with van der Waals surface area (Å²) in [5.74, 6) is 0. The molecule has 0 aromatic heterocycles.